The van der Waals surface area contributed by atoms with Gasteiger partial charge in [-0.15, -0.1) is 17.5 Å². The molecule has 0 fully saturated rings. The Hall–Kier alpha value is -2.73. The first-order chi connectivity index (χ1) is 19.4. The minimum atomic E-state index is 0.716. The number of hydrogen-bond donors (Lipinski definition) is 0. The monoisotopic (exact) mass is 552 g/mol. The summed E-state index contributed by atoms with van der Waals surface area (Å²) in [6.45, 7) is 13.7. The predicted molar refractivity (Wildman–Crippen MR) is 184 cm³/mol. The molecule has 0 spiro atoms. The lowest BCUT2D eigenvalue weighted by Gasteiger charge is -2.15. The molecule has 1 aromatic rings. The molecule has 1 aromatic carbocycles. The van der Waals surface area contributed by atoms with Crippen LogP contribution in [0.3, 0.4) is 0 Å². The quantitative estimate of drug-likeness (QED) is 0.105. The normalized spacial score (nSPS) is 16.1. The van der Waals surface area contributed by atoms with E-state index in [0.29, 0.717) is 5.92 Å². The van der Waals surface area contributed by atoms with Crippen molar-refractivity contribution in [2.75, 3.05) is 6.26 Å². The Balaban J connectivity index is 2.36. The molecule has 0 bridgehead atoms. The number of rotatable bonds is 17. The van der Waals surface area contributed by atoms with E-state index in [1.54, 1.807) is 11.8 Å². The molecule has 0 aliphatic heterocycles. The standard InChI is InChI=1S/C39H52S/c1-8-11-13-20-33(6)38(10-3)39(37-23-16-17-24-37)29-32(5)28-34(30-40-7)26-27-36(25-18-19-31(4)9-2)35-21-14-12-15-22-35/h12,14-16,18,20-25,27,29-31H,8-11,13,19,26,28H2,1-7H3/b25-18-,32-29+,33-20+,34-30-,36-27+,39-38-. The summed E-state index contributed by atoms with van der Waals surface area (Å²) in [4.78, 5) is 0. The van der Waals surface area contributed by atoms with Gasteiger partial charge in [0.1, 0.15) is 0 Å². The Morgan fingerprint density at radius 3 is 2.45 bits per heavy atom. The van der Waals surface area contributed by atoms with E-state index >= 15 is 0 Å². The highest BCUT2D eigenvalue weighted by molar-refractivity contribution is 8.01. The second-order valence-electron chi connectivity index (χ2n) is 10.9. The van der Waals surface area contributed by atoms with Gasteiger partial charge in [0.25, 0.3) is 0 Å². The van der Waals surface area contributed by atoms with Crippen LogP contribution >= 0.6 is 11.8 Å². The van der Waals surface area contributed by atoms with E-state index in [-0.39, 0.29) is 0 Å². The van der Waals surface area contributed by atoms with Crippen molar-refractivity contribution < 1.29 is 0 Å². The zero-order chi connectivity index (χ0) is 29.2. The molecule has 0 aromatic heterocycles. The van der Waals surface area contributed by atoms with Crippen LogP contribution < -0.4 is 0 Å². The zero-order valence-electron chi connectivity index (χ0n) is 26.2. The molecule has 0 nitrogen and oxygen atoms in total. The summed E-state index contributed by atoms with van der Waals surface area (Å²) in [6.07, 6.45) is 29.4. The Bertz CT molecular complexity index is 1200. The van der Waals surface area contributed by atoms with Crippen LogP contribution in [0.1, 0.15) is 98.5 Å². The SMILES string of the molecule is CCCC/C=C(C)/C(CC)=C(/C=C(\C)C/C(=C\SC)C/C=C(\C=C/CC(C)CC)c1ccccc1)C1=CC=C=C1. The van der Waals surface area contributed by atoms with Crippen molar-refractivity contribution in [2.24, 2.45) is 5.92 Å². The van der Waals surface area contributed by atoms with Crippen molar-refractivity contribution in [3.8, 4) is 0 Å². The van der Waals surface area contributed by atoms with Gasteiger partial charge in [0.05, 0.1) is 0 Å². The van der Waals surface area contributed by atoms with Crippen molar-refractivity contribution in [3.05, 3.63) is 129 Å². The summed E-state index contributed by atoms with van der Waals surface area (Å²) < 4.78 is 0. The van der Waals surface area contributed by atoms with E-state index in [2.05, 4.69) is 132 Å². The number of allylic oxidation sites excluding steroid dienone is 14. The molecule has 0 amide bonds. The topological polar surface area (TPSA) is 0 Å². The summed E-state index contributed by atoms with van der Waals surface area (Å²) in [6, 6.07) is 10.8. The van der Waals surface area contributed by atoms with Crippen LogP contribution in [0.25, 0.3) is 5.57 Å². The lowest BCUT2D eigenvalue weighted by molar-refractivity contribution is 0.572. The molecule has 2 rings (SSSR count). The van der Waals surface area contributed by atoms with Crippen LogP contribution in [0.2, 0.25) is 0 Å². The smallest absolute Gasteiger partial charge is 0.00966 e. The molecule has 40 heavy (non-hydrogen) atoms. The lowest BCUT2D eigenvalue weighted by atomic mass is 9.90. The highest BCUT2D eigenvalue weighted by Gasteiger charge is 2.11. The van der Waals surface area contributed by atoms with Gasteiger partial charge < -0.3 is 0 Å². The molecule has 1 atom stereocenters. The van der Waals surface area contributed by atoms with Crippen molar-refractivity contribution in [1.29, 1.82) is 0 Å². The largest absolute Gasteiger partial charge is 0.138 e. The zero-order valence-corrected chi connectivity index (χ0v) is 27.0. The third-order valence-electron chi connectivity index (χ3n) is 7.48. The van der Waals surface area contributed by atoms with Crippen molar-refractivity contribution in [3.63, 3.8) is 0 Å². The second-order valence-corrected chi connectivity index (χ2v) is 11.6. The molecule has 1 aliphatic rings. The summed E-state index contributed by atoms with van der Waals surface area (Å²) in [7, 11) is 0. The molecule has 0 saturated heterocycles. The molecule has 1 heteroatoms. The Morgan fingerprint density at radius 1 is 1.05 bits per heavy atom. The van der Waals surface area contributed by atoms with Crippen molar-refractivity contribution >= 4 is 17.3 Å². The Labute approximate surface area is 250 Å². The Kier molecular flexibility index (Phi) is 16.2. The molecular weight excluding hydrogens is 500 g/mol. The van der Waals surface area contributed by atoms with E-state index in [0.717, 1.165) is 32.1 Å². The molecule has 1 aliphatic carbocycles. The van der Waals surface area contributed by atoms with E-state index < -0.39 is 0 Å². The molecule has 214 valence electrons. The van der Waals surface area contributed by atoms with Gasteiger partial charge in [-0.1, -0.05) is 124 Å². The van der Waals surface area contributed by atoms with Crippen LogP contribution in [-0.2, 0) is 0 Å². The van der Waals surface area contributed by atoms with Crippen LogP contribution in [0.15, 0.2) is 124 Å². The van der Waals surface area contributed by atoms with Gasteiger partial charge >= 0.3 is 0 Å². The average molecular weight is 553 g/mol. The Morgan fingerprint density at radius 2 is 1.82 bits per heavy atom. The summed E-state index contributed by atoms with van der Waals surface area (Å²) in [5.74, 6) is 0.716. The fourth-order valence-electron chi connectivity index (χ4n) is 4.90. The highest BCUT2D eigenvalue weighted by Crippen LogP contribution is 2.30. The van der Waals surface area contributed by atoms with Gasteiger partial charge in [0, 0.05) is 0 Å². The highest BCUT2D eigenvalue weighted by atomic mass is 32.2. The van der Waals surface area contributed by atoms with E-state index in [1.807, 2.05) is 6.08 Å². The van der Waals surface area contributed by atoms with E-state index in [9.17, 15) is 0 Å². The summed E-state index contributed by atoms with van der Waals surface area (Å²) >= 11 is 1.80. The maximum Gasteiger partial charge on any atom is -0.00966 e. The van der Waals surface area contributed by atoms with Crippen LogP contribution in [0.4, 0.5) is 0 Å². The first kappa shape index (κ1) is 33.5. The summed E-state index contributed by atoms with van der Waals surface area (Å²) in [5.41, 5.74) is 14.2. The molecule has 0 heterocycles. The van der Waals surface area contributed by atoms with Crippen molar-refractivity contribution in [2.45, 2.75) is 92.9 Å². The molecule has 1 unspecified atom stereocenters. The van der Waals surface area contributed by atoms with E-state index in [1.165, 1.54) is 63.8 Å². The lowest BCUT2D eigenvalue weighted by Crippen LogP contribution is -1.96. The maximum atomic E-state index is 3.28. The van der Waals surface area contributed by atoms with Gasteiger partial charge in [-0.25, -0.2) is 0 Å². The van der Waals surface area contributed by atoms with Crippen LogP contribution in [0.5, 0.6) is 0 Å². The fraction of sp³-hybridized carbons (Fsp3) is 0.410. The van der Waals surface area contributed by atoms with Gasteiger partial charge in [0.15, 0.2) is 0 Å². The molecular formula is C39H52S. The number of thioether (sulfide) groups is 1. The van der Waals surface area contributed by atoms with Gasteiger partial charge in [-0.3, -0.25) is 0 Å². The number of benzene rings is 1. The first-order valence-electron chi connectivity index (χ1n) is 15.3. The predicted octanol–water partition coefficient (Wildman–Crippen LogP) is 12.5. The number of unbranched alkanes of at least 4 members (excludes halogenated alkanes) is 2. The molecule has 0 saturated carbocycles. The van der Waals surface area contributed by atoms with Gasteiger partial charge in [-0.05, 0) is 110 Å². The summed E-state index contributed by atoms with van der Waals surface area (Å²) in [5, 5.41) is 2.34. The molecule has 0 N–H and O–H groups in total. The number of hydrogen-bond acceptors (Lipinski definition) is 1. The third kappa shape index (κ3) is 11.8. The minimum Gasteiger partial charge on any atom is -0.138 e. The average Bonchev–Trinajstić information content (AvgIpc) is 3.50. The molecule has 0 radical (unpaired) electrons. The van der Waals surface area contributed by atoms with Crippen LogP contribution in [0, 0.1) is 5.92 Å². The minimum absolute atomic E-state index is 0.716. The van der Waals surface area contributed by atoms with E-state index in [4.69, 9.17) is 0 Å². The van der Waals surface area contributed by atoms with Gasteiger partial charge in [-0.2, -0.15) is 0 Å². The maximum absolute atomic E-state index is 3.28. The third-order valence-corrected chi connectivity index (χ3v) is 8.05. The second kappa shape index (κ2) is 19.4. The van der Waals surface area contributed by atoms with Crippen LogP contribution in [-0.4, -0.2) is 6.26 Å². The van der Waals surface area contributed by atoms with Crippen molar-refractivity contribution in [1.82, 2.24) is 0 Å². The fourth-order valence-corrected chi connectivity index (χ4v) is 5.41. The van der Waals surface area contributed by atoms with Gasteiger partial charge in [0.2, 0.25) is 0 Å². The first-order valence-corrected chi connectivity index (χ1v) is 16.6.